The van der Waals surface area contributed by atoms with E-state index in [1.807, 2.05) is 4.90 Å². The van der Waals surface area contributed by atoms with Crippen LogP contribution in [0.25, 0.3) is 5.69 Å². The summed E-state index contributed by atoms with van der Waals surface area (Å²) in [6, 6.07) is 7.09. The minimum Gasteiger partial charge on any atom is -0.481 e. The zero-order chi connectivity index (χ0) is 16.9. The topological polar surface area (TPSA) is 101 Å². The minimum atomic E-state index is -0.821. The van der Waals surface area contributed by atoms with Gasteiger partial charge in [0.15, 0.2) is 0 Å². The SMILES string of the molecule is O=C(O)CC[C@H]1CCCCN1C(=O)c1ccc(-n2cnnn2)cc1. The molecule has 0 spiro atoms. The van der Waals surface area contributed by atoms with Gasteiger partial charge in [-0.25, -0.2) is 4.68 Å². The van der Waals surface area contributed by atoms with E-state index in [0.29, 0.717) is 18.5 Å². The highest BCUT2D eigenvalue weighted by Crippen LogP contribution is 2.23. The quantitative estimate of drug-likeness (QED) is 0.892. The molecule has 1 aliphatic rings. The van der Waals surface area contributed by atoms with Crippen molar-refractivity contribution in [2.45, 2.75) is 38.1 Å². The van der Waals surface area contributed by atoms with Crippen LogP contribution in [-0.2, 0) is 4.79 Å². The molecule has 8 heteroatoms. The van der Waals surface area contributed by atoms with Crippen LogP contribution in [0, 0.1) is 0 Å². The number of aromatic nitrogens is 4. The van der Waals surface area contributed by atoms with Gasteiger partial charge in [0.25, 0.3) is 5.91 Å². The fraction of sp³-hybridized carbons (Fsp3) is 0.438. The first-order valence-corrected chi connectivity index (χ1v) is 8.01. The van der Waals surface area contributed by atoms with Gasteiger partial charge in [-0.05, 0) is 60.4 Å². The van der Waals surface area contributed by atoms with Crippen LogP contribution in [0.2, 0.25) is 0 Å². The molecule has 2 heterocycles. The predicted octanol–water partition coefficient (Wildman–Crippen LogP) is 1.52. The molecule has 2 aromatic rings. The Hall–Kier alpha value is -2.77. The van der Waals surface area contributed by atoms with Gasteiger partial charge < -0.3 is 10.0 Å². The number of carbonyl (C=O) groups is 2. The van der Waals surface area contributed by atoms with E-state index >= 15 is 0 Å². The Morgan fingerprint density at radius 2 is 2.00 bits per heavy atom. The number of aliphatic carboxylic acids is 1. The molecule has 8 nitrogen and oxygen atoms in total. The van der Waals surface area contributed by atoms with Gasteiger partial charge in [-0.2, -0.15) is 0 Å². The van der Waals surface area contributed by atoms with Gasteiger partial charge in [0, 0.05) is 24.6 Å². The first kappa shape index (κ1) is 16.1. The van der Waals surface area contributed by atoms with Crippen molar-refractivity contribution in [2.75, 3.05) is 6.54 Å². The van der Waals surface area contributed by atoms with E-state index in [2.05, 4.69) is 15.5 Å². The molecule has 1 N–H and O–H groups in total. The van der Waals surface area contributed by atoms with E-state index in [1.54, 1.807) is 24.3 Å². The van der Waals surface area contributed by atoms with Gasteiger partial charge >= 0.3 is 5.97 Å². The number of amides is 1. The highest BCUT2D eigenvalue weighted by molar-refractivity contribution is 5.94. The maximum atomic E-state index is 12.8. The van der Waals surface area contributed by atoms with Gasteiger partial charge in [0.1, 0.15) is 6.33 Å². The van der Waals surface area contributed by atoms with Gasteiger partial charge in [-0.15, -0.1) is 5.10 Å². The zero-order valence-corrected chi connectivity index (χ0v) is 13.2. The molecule has 1 aromatic heterocycles. The normalized spacial score (nSPS) is 17.7. The van der Waals surface area contributed by atoms with Crippen LogP contribution in [0.4, 0.5) is 0 Å². The van der Waals surface area contributed by atoms with Crippen LogP contribution in [0.1, 0.15) is 42.5 Å². The summed E-state index contributed by atoms with van der Waals surface area (Å²) in [4.78, 5) is 25.4. The number of likely N-dealkylation sites (tertiary alicyclic amines) is 1. The first-order chi connectivity index (χ1) is 11.6. The Balaban J connectivity index is 1.72. The molecule has 1 amide bonds. The molecule has 1 fully saturated rings. The lowest BCUT2D eigenvalue weighted by atomic mass is 9.97. The molecule has 3 rings (SSSR count). The van der Waals surface area contributed by atoms with Crippen LogP contribution in [-0.4, -0.2) is 54.7 Å². The summed E-state index contributed by atoms with van der Waals surface area (Å²) in [6.45, 7) is 0.678. The zero-order valence-electron chi connectivity index (χ0n) is 13.2. The van der Waals surface area contributed by atoms with Crippen molar-refractivity contribution < 1.29 is 14.7 Å². The fourth-order valence-electron chi connectivity index (χ4n) is 3.06. The lowest BCUT2D eigenvalue weighted by Gasteiger charge is -2.35. The molecule has 1 aliphatic heterocycles. The third-order valence-corrected chi connectivity index (χ3v) is 4.31. The molecular weight excluding hydrogens is 310 g/mol. The Morgan fingerprint density at radius 1 is 1.21 bits per heavy atom. The second kappa shape index (κ2) is 7.20. The van der Waals surface area contributed by atoms with Crippen molar-refractivity contribution in [1.82, 2.24) is 25.1 Å². The van der Waals surface area contributed by atoms with Crippen LogP contribution in [0.5, 0.6) is 0 Å². The molecule has 0 saturated carbocycles. The van der Waals surface area contributed by atoms with Crippen molar-refractivity contribution in [3.05, 3.63) is 36.2 Å². The van der Waals surface area contributed by atoms with Crippen molar-refractivity contribution in [3.63, 3.8) is 0 Å². The smallest absolute Gasteiger partial charge is 0.303 e. The number of hydrogen-bond donors (Lipinski definition) is 1. The van der Waals surface area contributed by atoms with Gasteiger partial charge in [0.05, 0.1) is 5.69 Å². The number of carboxylic acids is 1. The Kier molecular flexibility index (Phi) is 4.83. The molecule has 0 radical (unpaired) electrons. The summed E-state index contributed by atoms with van der Waals surface area (Å²) >= 11 is 0. The highest BCUT2D eigenvalue weighted by Gasteiger charge is 2.27. The average Bonchev–Trinajstić information content (AvgIpc) is 3.14. The van der Waals surface area contributed by atoms with E-state index in [0.717, 1.165) is 24.9 Å². The standard InChI is InChI=1S/C16H19N5O3/c22-15(23)9-8-13-3-1-2-10-20(13)16(24)12-4-6-14(7-5-12)21-11-17-18-19-21/h4-7,11,13H,1-3,8-10H2,(H,22,23)/t13-/m1/s1. The van der Waals surface area contributed by atoms with Gasteiger partial charge in [-0.3, -0.25) is 9.59 Å². The van der Waals surface area contributed by atoms with Crippen LogP contribution >= 0.6 is 0 Å². The Labute approximate surface area is 139 Å². The highest BCUT2D eigenvalue weighted by atomic mass is 16.4. The molecule has 1 saturated heterocycles. The maximum Gasteiger partial charge on any atom is 0.303 e. The lowest BCUT2D eigenvalue weighted by molar-refractivity contribution is -0.137. The molecule has 1 atom stereocenters. The molecule has 24 heavy (non-hydrogen) atoms. The summed E-state index contributed by atoms with van der Waals surface area (Å²) < 4.78 is 1.52. The van der Waals surface area contributed by atoms with Gasteiger partial charge in [0.2, 0.25) is 0 Å². The van der Waals surface area contributed by atoms with Gasteiger partial charge in [-0.1, -0.05) is 0 Å². The van der Waals surface area contributed by atoms with E-state index in [4.69, 9.17) is 5.11 Å². The van der Waals surface area contributed by atoms with E-state index < -0.39 is 5.97 Å². The predicted molar refractivity (Wildman–Crippen MR) is 84.7 cm³/mol. The number of tetrazole rings is 1. The van der Waals surface area contributed by atoms with E-state index in [9.17, 15) is 9.59 Å². The first-order valence-electron chi connectivity index (χ1n) is 8.01. The average molecular weight is 329 g/mol. The Morgan fingerprint density at radius 3 is 2.67 bits per heavy atom. The van der Waals surface area contributed by atoms with Crippen LogP contribution < -0.4 is 0 Å². The molecular formula is C16H19N5O3. The number of piperidine rings is 1. The second-order valence-corrected chi connectivity index (χ2v) is 5.88. The van der Waals surface area contributed by atoms with Crippen LogP contribution in [0.15, 0.2) is 30.6 Å². The van der Waals surface area contributed by atoms with Crippen LogP contribution in [0.3, 0.4) is 0 Å². The summed E-state index contributed by atoms with van der Waals surface area (Å²) in [7, 11) is 0. The summed E-state index contributed by atoms with van der Waals surface area (Å²) in [5.41, 5.74) is 1.37. The largest absolute Gasteiger partial charge is 0.481 e. The molecule has 126 valence electrons. The number of hydrogen-bond acceptors (Lipinski definition) is 5. The fourth-order valence-corrected chi connectivity index (χ4v) is 3.06. The number of carbonyl (C=O) groups excluding carboxylic acids is 1. The summed E-state index contributed by atoms with van der Waals surface area (Å²) in [6.07, 6.45) is 4.94. The van der Waals surface area contributed by atoms with Crippen molar-refractivity contribution in [1.29, 1.82) is 0 Å². The third-order valence-electron chi connectivity index (χ3n) is 4.31. The second-order valence-electron chi connectivity index (χ2n) is 5.88. The molecule has 0 aliphatic carbocycles. The molecule has 0 unspecified atom stereocenters. The summed E-state index contributed by atoms with van der Waals surface area (Å²) in [5.74, 6) is -0.868. The van der Waals surface area contributed by atoms with Crippen molar-refractivity contribution in [3.8, 4) is 5.69 Å². The molecule has 0 bridgehead atoms. The number of carboxylic acid groups (broad SMARTS) is 1. The lowest BCUT2D eigenvalue weighted by Crippen LogP contribution is -2.43. The number of rotatable bonds is 5. The number of nitrogens with zero attached hydrogens (tertiary/aromatic N) is 5. The van der Waals surface area contributed by atoms with E-state index in [-0.39, 0.29) is 18.4 Å². The third kappa shape index (κ3) is 3.58. The van der Waals surface area contributed by atoms with Crippen molar-refractivity contribution >= 4 is 11.9 Å². The minimum absolute atomic E-state index is 0.00143. The summed E-state index contributed by atoms with van der Waals surface area (Å²) in [5, 5.41) is 19.9. The van der Waals surface area contributed by atoms with E-state index in [1.165, 1.54) is 11.0 Å². The Bertz CT molecular complexity index is 699. The number of benzene rings is 1. The van der Waals surface area contributed by atoms with Crippen molar-refractivity contribution in [2.24, 2.45) is 0 Å². The monoisotopic (exact) mass is 329 g/mol. The molecule has 1 aromatic carbocycles. The maximum absolute atomic E-state index is 12.8.